The van der Waals surface area contributed by atoms with Gasteiger partial charge in [0.05, 0.1) is 6.10 Å². The second-order valence-electron chi connectivity index (χ2n) is 4.89. The second kappa shape index (κ2) is 6.08. The molecule has 90 valence electrons. The van der Waals surface area contributed by atoms with Crippen molar-refractivity contribution in [2.45, 2.75) is 33.8 Å². The molecular formula is C11H23NO3. The molecule has 0 aliphatic rings. The number of carbonyl (C=O) groups excluding carboxylic acids is 1. The monoisotopic (exact) mass is 217 g/mol. The summed E-state index contributed by atoms with van der Waals surface area (Å²) in [5.41, 5.74) is -0.322. The summed E-state index contributed by atoms with van der Waals surface area (Å²) in [4.78, 5) is 11.2. The lowest BCUT2D eigenvalue weighted by atomic mass is 9.81. The van der Waals surface area contributed by atoms with Gasteiger partial charge in [0.1, 0.15) is 6.61 Å². The van der Waals surface area contributed by atoms with E-state index in [1.165, 1.54) is 7.11 Å². The zero-order chi connectivity index (χ0) is 12.1. The van der Waals surface area contributed by atoms with Gasteiger partial charge in [-0.2, -0.15) is 0 Å². The van der Waals surface area contributed by atoms with Gasteiger partial charge in [-0.1, -0.05) is 27.7 Å². The van der Waals surface area contributed by atoms with Crippen molar-refractivity contribution in [2.24, 2.45) is 11.3 Å². The maximum Gasteiger partial charge on any atom is 0.246 e. The predicted molar refractivity (Wildman–Crippen MR) is 59.5 cm³/mol. The number of amides is 1. The largest absolute Gasteiger partial charge is 0.392 e. The molecular weight excluding hydrogens is 194 g/mol. The fourth-order valence-corrected chi connectivity index (χ4v) is 1.52. The summed E-state index contributed by atoms with van der Waals surface area (Å²) in [6.07, 6.45) is -0.430. The molecule has 2 N–H and O–H groups in total. The molecule has 1 atom stereocenters. The summed E-state index contributed by atoms with van der Waals surface area (Å²) >= 11 is 0. The Morgan fingerprint density at radius 3 is 2.40 bits per heavy atom. The Bertz CT molecular complexity index is 202. The van der Waals surface area contributed by atoms with Crippen LogP contribution in [0.15, 0.2) is 0 Å². The van der Waals surface area contributed by atoms with Crippen LogP contribution in [0.1, 0.15) is 27.7 Å². The molecule has 0 radical (unpaired) electrons. The fourth-order valence-electron chi connectivity index (χ4n) is 1.52. The van der Waals surface area contributed by atoms with E-state index in [4.69, 9.17) is 4.74 Å². The van der Waals surface area contributed by atoms with Crippen LogP contribution in [0.5, 0.6) is 0 Å². The molecule has 4 nitrogen and oxygen atoms in total. The number of nitrogens with one attached hydrogen (secondary N) is 1. The number of carbonyl (C=O) groups is 1. The third-order valence-corrected chi connectivity index (χ3v) is 2.45. The molecule has 0 heterocycles. The van der Waals surface area contributed by atoms with Gasteiger partial charge in [0.25, 0.3) is 0 Å². The first-order chi connectivity index (χ1) is 6.81. The van der Waals surface area contributed by atoms with Crippen LogP contribution in [0.3, 0.4) is 0 Å². The van der Waals surface area contributed by atoms with Crippen molar-refractivity contribution in [2.75, 3.05) is 20.3 Å². The Kier molecular flexibility index (Phi) is 5.83. The lowest BCUT2D eigenvalue weighted by Gasteiger charge is -2.33. The van der Waals surface area contributed by atoms with Crippen molar-refractivity contribution in [1.29, 1.82) is 0 Å². The number of aliphatic hydroxyl groups excluding tert-OH is 1. The van der Waals surface area contributed by atoms with Crippen molar-refractivity contribution in [3.63, 3.8) is 0 Å². The molecule has 0 aromatic rings. The molecule has 0 bridgehead atoms. The molecule has 1 unspecified atom stereocenters. The molecule has 0 aromatic carbocycles. The van der Waals surface area contributed by atoms with Crippen LogP contribution in [-0.2, 0) is 9.53 Å². The summed E-state index contributed by atoms with van der Waals surface area (Å²) in [5, 5.41) is 12.7. The first-order valence-electron chi connectivity index (χ1n) is 5.25. The van der Waals surface area contributed by atoms with Crippen molar-refractivity contribution >= 4 is 5.91 Å². The third kappa shape index (κ3) is 5.14. The zero-order valence-corrected chi connectivity index (χ0v) is 10.3. The summed E-state index contributed by atoms with van der Waals surface area (Å²) < 4.78 is 4.70. The van der Waals surface area contributed by atoms with Crippen molar-refractivity contribution in [1.82, 2.24) is 5.32 Å². The van der Waals surface area contributed by atoms with Crippen LogP contribution < -0.4 is 5.32 Å². The van der Waals surface area contributed by atoms with Crippen LogP contribution in [0, 0.1) is 11.3 Å². The van der Waals surface area contributed by atoms with Gasteiger partial charge in [0, 0.05) is 19.1 Å². The molecule has 0 fully saturated rings. The van der Waals surface area contributed by atoms with Crippen LogP contribution in [0.4, 0.5) is 0 Å². The highest BCUT2D eigenvalue weighted by molar-refractivity contribution is 5.77. The van der Waals surface area contributed by atoms with Crippen LogP contribution in [0.25, 0.3) is 0 Å². The average Bonchev–Trinajstić information content (AvgIpc) is 2.14. The summed E-state index contributed by atoms with van der Waals surface area (Å²) in [7, 11) is 1.48. The molecule has 0 aliphatic carbocycles. The molecule has 4 heteroatoms. The van der Waals surface area contributed by atoms with E-state index in [1.807, 2.05) is 27.7 Å². The average molecular weight is 217 g/mol. The normalized spacial score (nSPS) is 14.1. The van der Waals surface area contributed by atoms with Gasteiger partial charge >= 0.3 is 0 Å². The van der Waals surface area contributed by atoms with Crippen molar-refractivity contribution < 1.29 is 14.6 Å². The minimum Gasteiger partial charge on any atom is -0.392 e. The molecule has 0 spiro atoms. The Labute approximate surface area is 92.0 Å². The number of methoxy groups -OCH3 is 1. The van der Waals surface area contributed by atoms with E-state index < -0.39 is 6.10 Å². The highest BCUT2D eigenvalue weighted by atomic mass is 16.5. The van der Waals surface area contributed by atoms with E-state index in [-0.39, 0.29) is 23.8 Å². The van der Waals surface area contributed by atoms with E-state index in [1.54, 1.807) is 0 Å². The number of aliphatic hydroxyl groups is 1. The van der Waals surface area contributed by atoms with E-state index in [2.05, 4.69) is 5.32 Å². The van der Waals surface area contributed by atoms with Crippen molar-refractivity contribution in [3.8, 4) is 0 Å². The van der Waals surface area contributed by atoms with Gasteiger partial charge in [-0.05, 0) is 5.92 Å². The van der Waals surface area contributed by atoms with Crippen LogP contribution >= 0.6 is 0 Å². The fraction of sp³-hybridized carbons (Fsp3) is 0.909. The molecule has 0 aromatic heterocycles. The van der Waals surface area contributed by atoms with E-state index in [9.17, 15) is 9.90 Å². The van der Waals surface area contributed by atoms with Crippen LogP contribution in [-0.4, -0.2) is 37.4 Å². The molecule has 15 heavy (non-hydrogen) atoms. The standard InChI is InChI=1S/C11H23NO3/c1-8(2)10(14)11(3,4)7-12-9(13)6-15-5/h8,10,14H,6-7H2,1-5H3,(H,12,13). The number of hydrogen-bond donors (Lipinski definition) is 2. The van der Waals surface area contributed by atoms with Gasteiger partial charge in [-0.3, -0.25) is 4.79 Å². The first kappa shape index (κ1) is 14.4. The molecule has 0 saturated heterocycles. The highest BCUT2D eigenvalue weighted by Gasteiger charge is 2.30. The lowest BCUT2D eigenvalue weighted by molar-refractivity contribution is -0.125. The second-order valence-corrected chi connectivity index (χ2v) is 4.89. The summed E-state index contributed by atoms with van der Waals surface area (Å²) in [6, 6.07) is 0. The molecule has 0 saturated carbocycles. The van der Waals surface area contributed by atoms with Gasteiger partial charge in [0.2, 0.25) is 5.91 Å². The van der Waals surface area contributed by atoms with E-state index in [0.717, 1.165) is 0 Å². The Morgan fingerprint density at radius 2 is 2.00 bits per heavy atom. The van der Waals surface area contributed by atoms with Crippen LogP contribution in [0.2, 0.25) is 0 Å². The Morgan fingerprint density at radius 1 is 1.47 bits per heavy atom. The van der Waals surface area contributed by atoms with E-state index >= 15 is 0 Å². The number of rotatable bonds is 6. The van der Waals surface area contributed by atoms with Gasteiger partial charge in [-0.15, -0.1) is 0 Å². The minimum absolute atomic E-state index is 0.0633. The molecule has 0 rings (SSSR count). The van der Waals surface area contributed by atoms with Crippen molar-refractivity contribution in [3.05, 3.63) is 0 Å². The Hall–Kier alpha value is -0.610. The molecule has 0 aliphatic heterocycles. The lowest BCUT2D eigenvalue weighted by Crippen LogP contribution is -2.44. The van der Waals surface area contributed by atoms with Gasteiger partial charge in [-0.25, -0.2) is 0 Å². The Balaban J connectivity index is 4.09. The van der Waals surface area contributed by atoms with E-state index in [0.29, 0.717) is 6.54 Å². The summed E-state index contributed by atoms with van der Waals surface area (Å²) in [6.45, 7) is 8.31. The maximum absolute atomic E-state index is 11.2. The quantitative estimate of drug-likeness (QED) is 0.691. The zero-order valence-electron chi connectivity index (χ0n) is 10.3. The highest BCUT2D eigenvalue weighted by Crippen LogP contribution is 2.24. The molecule has 1 amide bonds. The maximum atomic E-state index is 11.2. The first-order valence-corrected chi connectivity index (χ1v) is 5.25. The SMILES string of the molecule is COCC(=O)NCC(C)(C)C(O)C(C)C. The predicted octanol–water partition coefficient (Wildman–Crippen LogP) is 0.792. The van der Waals surface area contributed by atoms with Gasteiger partial charge < -0.3 is 15.2 Å². The number of hydrogen-bond acceptors (Lipinski definition) is 3. The van der Waals surface area contributed by atoms with Gasteiger partial charge in [0.15, 0.2) is 0 Å². The summed E-state index contributed by atoms with van der Waals surface area (Å²) in [5.74, 6) is 0.0286. The number of ether oxygens (including phenoxy) is 1. The third-order valence-electron chi connectivity index (χ3n) is 2.45. The smallest absolute Gasteiger partial charge is 0.246 e. The topological polar surface area (TPSA) is 58.6 Å². The minimum atomic E-state index is -0.430.